The first-order valence-electron chi connectivity index (χ1n) is 3.52. The number of hydrogen-bond donors (Lipinski definition) is 0. The van der Waals surface area contributed by atoms with Crippen LogP contribution in [0.15, 0.2) is 24.3 Å². The van der Waals surface area contributed by atoms with E-state index in [0.717, 1.165) is 0 Å². The lowest BCUT2D eigenvalue weighted by atomic mass is 10.4. The van der Waals surface area contributed by atoms with Gasteiger partial charge in [-0.15, -0.1) is 0 Å². The SMILES string of the molecule is [2H]c1cc([2H])c([2H])c(C)n1. The van der Waals surface area contributed by atoms with Gasteiger partial charge in [-0.1, -0.05) is 6.04 Å². The summed E-state index contributed by atoms with van der Waals surface area (Å²) in [5.41, 5.74) is 0.442. The zero-order chi connectivity index (χ0) is 7.72. The number of pyridine rings is 1. The van der Waals surface area contributed by atoms with Gasteiger partial charge in [0.2, 0.25) is 0 Å². The molecule has 0 aliphatic heterocycles. The molecule has 1 heterocycles. The molecule has 0 amide bonds. The van der Waals surface area contributed by atoms with Crippen molar-refractivity contribution < 1.29 is 4.11 Å². The third-order valence-electron chi connectivity index (χ3n) is 0.622. The quantitative estimate of drug-likeness (QED) is 0.475. The second kappa shape index (κ2) is 1.73. The summed E-state index contributed by atoms with van der Waals surface area (Å²) in [5.74, 6) is 0. The highest BCUT2D eigenvalue weighted by molar-refractivity contribution is 4.99. The smallest absolute Gasteiger partial charge is 0.0840 e. The van der Waals surface area contributed by atoms with Crippen LogP contribution < -0.4 is 0 Å². The summed E-state index contributed by atoms with van der Waals surface area (Å²) in [4.78, 5) is 3.69. The Labute approximate surface area is 47.2 Å². The summed E-state index contributed by atoms with van der Waals surface area (Å²) in [5, 5.41) is 0. The van der Waals surface area contributed by atoms with Crippen LogP contribution in [0, 0.1) is 6.92 Å². The lowest BCUT2D eigenvalue weighted by molar-refractivity contribution is 1.20. The number of nitrogens with zero attached hydrogens (tertiary/aromatic N) is 1. The fourth-order valence-corrected chi connectivity index (χ4v) is 0.330. The van der Waals surface area contributed by atoms with Crippen LogP contribution >= 0.6 is 0 Å². The second-order valence-electron chi connectivity index (χ2n) is 1.24. The van der Waals surface area contributed by atoms with Gasteiger partial charge < -0.3 is 0 Å². The van der Waals surface area contributed by atoms with Crippen LogP contribution in [0.1, 0.15) is 9.81 Å². The molecule has 0 unspecified atom stereocenters. The molecular weight excluding hydrogens is 86.1 g/mol. The zero-order valence-corrected chi connectivity index (χ0v) is 4.02. The van der Waals surface area contributed by atoms with Crippen LogP contribution in [0.5, 0.6) is 0 Å². The predicted molar refractivity (Wildman–Crippen MR) is 29.0 cm³/mol. The maximum Gasteiger partial charge on any atom is 0.0840 e. The predicted octanol–water partition coefficient (Wildman–Crippen LogP) is 1.39. The maximum absolute atomic E-state index is 7.21. The Morgan fingerprint density at radius 3 is 3.43 bits per heavy atom. The Hall–Kier alpha value is -0.850. The van der Waals surface area contributed by atoms with Crippen LogP contribution in [-0.2, 0) is 0 Å². The molecule has 0 bridgehead atoms. The molecule has 0 saturated heterocycles. The van der Waals surface area contributed by atoms with E-state index in [1.807, 2.05) is 0 Å². The van der Waals surface area contributed by atoms with Crippen LogP contribution in [0.2, 0.25) is 0 Å². The molecule has 0 aliphatic rings. The third-order valence-corrected chi connectivity index (χ3v) is 0.622. The second-order valence-corrected chi connectivity index (χ2v) is 1.24. The average molecular weight is 96.1 g/mol. The first kappa shape index (κ1) is 1.95. The Kier molecular flexibility index (Phi) is 0.483. The molecule has 1 heteroatoms. The first-order chi connectivity index (χ1) is 4.61. The van der Waals surface area contributed by atoms with Crippen molar-refractivity contribution in [2.45, 2.75) is 6.92 Å². The molecule has 1 rings (SSSR count). The van der Waals surface area contributed by atoms with Gasteiger partial charge in [0, 0.05) is 11.9 Å². The van der Waals surface area contributed by atoms with E-state index in [2.05, 4.69) is 4.98 Å². The van der Waals surface area contributed by atoms with E-state index in [4.69, 9.17) is 4.11 Å². The molecule has 0 N–H and O–H groups in total. The fourth-order valence-electron chi connectivity index (χ4n) is 0.330. The number of aromatic nitrogens is 1. The lowest BCUT2D eigenvalue weighted by Gasteiger charge is -1.82. The van der Waals surface area contributed by atoms with Crippen molar-refractivity contribution in [3.05, 3.63) is 30.0 Å². The Morgan fingerprint density at radius 2 is 2.71 bits per heavy atom. The molecule has 0 aliphatic carbocycles. The average Bonchev–Trinajstić information content (AvgIpc) is 1.82. The zero-order valence-electron chi connectivity index (χ0n) is 7.02. The van der Waals surface area contributed by atoms with Crippen LogP contribution in [-0.4, -0.2) is 4.98 Å². The highest BCUT2D eigenvalue weighted by Crippen LogP contribution is 1.85. The minimum atomic E-state index is 0.0542. The van der Waals surface area contributed by atoms with E-state index < -0.39 is 0 Å². The van der Waals surface area contributed by atoms with Gasteiger partial charge in [0.1, 0.15) is 0 Å². The van der Waals surface area contributed by atoms with Gasteiger partial charge in [-0.2, -0.15) is 0 Å². The molecule has 0 atom stereocenters. The molecule has 1 nitrogen and oxygen atoms in total. The molecule has 0 saturated carbocycles. The van der Waals surface area contributed by atoms with Gasteiger partial charge in [-0.3, -0.25) is 4.98 Å². The van der Waals surface area contributed by atoms with E-state index in [1.165, 1.54) is 6.07 Å². The largest absolute Gasteiger partial charge is 0.262 e. The highest BCUT2D eigenvalue weighted by Gasteiger charge is 1.73. The lowest BCUT2D eigenvalue weighted by Crippen LogP contribution is -1.72. The van der Waals surface area contributed by atoms with Gasteiger partial charge in [0.15, 0.2) is 0 Å². The standard InChI is InChI=1S/C6H7N/c1-6-4-2-3-5-7-6/h2-5H,1H3/i2D,4D,5D. The summed E-state index contributed by atoms with van der Waals surface area (Å²) in [6.07, 6.45) is 0.0542. The van der Waals surface area contributed by atoms with Crippen LogP contribution in [0.3, 0.4) is 0 Å². The molecule has 1 aromatic heterocycles. The van der Waals surface area contributed by atoms with E-state index in [-0.39, 0.29) is 18.3 Å². The van der Waals surface area contributed by atoms with Gasteiger partial charge in [-0.25, -0.2) is 0 Å². The maximum atomic E-state index is 7.21. The van der Waals surface area contributed by atoms with Gasteiger partial charge in [-0.05, 0) is 19.0 Å². The van der Waals surface area contributed by atoms with Crippen molar-refractivity contribution in [3.63, 3.8) is 0 Å². The van der Waals surface area contributed by atoms with Crippen LogP contribution in [0.4, 0.5) is 0 Å². The minimum Gasteiger partial charge on any atom is -0.262 e. The van der Waals surface area contributed by atoms with Crippen molar-refractivity contribution in [3.8, 4) is 0 Å². The summed E-state index contributed by atoms with van der Waals surface area (Å²) in [6, 6.07) is 1.43. The molecule has 0 radical (unpaired) electrons. The summed E-state index contributed by atoms with van der Waals surface area (Å²) in [7, 11) is 0. The van der Waals surface area contributed by atoms with E-state index >= 15 is 0 Å². The monoisotopic (exact) mass is 96.1 g/mol. The molecular formula is C6H7N. The van der Waals surface area contributed by atoms with Crippen molar-refractivity contribution in [1.82, 2.24) is 4.98 Å². The van der Waals surface area contributed by atoms with E-state index in [9.17, 15) is 0 Å². The van der Waals surface area contributed by atoms with Gasteiger partial charge in [0.05, 0.1) is 4.11 Å². The molecule has 0 aromatic carbocycles. The number of rotatable bonds is 0. The topological polar surface area (TPSA) is 12.9 Å². The van der Waals surface area contributed by atoms with Crippen molar-refractivity contribution in [2.75, 3.05) is 0 Å². The minimum absolute atomic E-state index is 0.0542. The highest BCUT2D eigenvalue weighted by atomic mass is 14.6. The van der Waals surface area contributed by atoms with E-state index in [0.29, 0.717) is 5.69 Å². The van der Waals surface area contributed by atoms with Crippen molar-refractivity contribution in [2.24, 2.45) is 0 Å². The molecule has 0 spiro atoms. The Balaban J connectivity index is 3.31. The molecule has 7 heavy (non-hydrogen) atoms. The molecule has 1 aromatic rings. The van der Waals surface area contributed by atoms with Crippen molar-refractivity contribution in [1.29, 1.82) is 0 Å². The van der Waals surface area contributed by atoms with Crippen LogP contribution in [0.25, 0.3) is 0 Å². The third kappa shape index (κ3) is 1.000. The fraction of sp³-hybridized carbons (Fsp3) is 0.167. The normalized spacial score (nSPS) is 14.7. The van der Waals surface area contributed by atoms with E-state index in [1.54, 1.807) is 6.92 Å². The number of aryl methyl sites for hydroxylation is 1. The Bertz CT molecular complexity index is 236. The van der Waals surface area contributed by atoms with Crippen molar-refractivity contribution >= 4 is 0 Å². The Morgan fingerprint density at radius 1 is 1.86 bits per heavy atom. The number of hydrogen-bond acceptors (Lipinski definition) is 1. The first-order valence-corrected chi connectivity index (χ1v) is 2.02. The van der Waals surface area contributed by atoms with Gasteiger partial charge in [0.25, 0.3) is 0 Å². The van der Waals surface area contributed by atoms with Gasteiger partial charge >= 0.3 is 0 Å². The molecule has 0 fully saturated rings. The summed E-state index contributed by atoms with van der Waals surface area (Å²) in [6.45, 7) is 1.62. The summed E-state index contributed by atoms with van der Waals surface area (Å²) >= 11 is 0. The summed E-state index contributed by atoms with van der Waals surface area (Å²) < 4.78 is 21.4. The molecule has 36 valence electrons.